The van der Waals surface area contributed by atoms with Gasteiger partial charge in [0.2, 0.25) is 0 Å². The van der Waals surface area contributed by atoms with Crippen molar-refractivity contribution in [1.82, 2.24) is 5.43 Å². The van der Waals surface area contributed by atoms with Gasteiger partial charge in [0.1, 0.15) is 18.9 Å². The standard InChI is InChI=1S/C29H27N3O4S/c1-23-12-18-28(19-13-23)37(34,35)32(26-10-6-3-7-11-26)21-29(33)31-30-20-24-14-16-27(17-15-24)36-22-25-8-4-2-5-9-25/h2-20H,21-22H2,1H3,(H,31,33)/b30-20-. The monoisotopic (exact) mass is 513 g/mol. The fraction of sp³-hybridized carbons (Fsp3) is 0.103. The van der Waals surface area contributed by atoms with Crippen molar-refractivity contribution in [2.75, 3.05) is 10.8 Å². The molecule has 0 atom stereocenters. The molecule has 8 heteroatoms. The number of hydrogen-bond donors (Lipinski definition) is 1. The smallest absolute Gasteiger partial charge is 0.264 e. The summed E-state index contributed by atoms with van der Waals surface area (Å²) in [5, 5.41) is 3.99. The topological polar surface area (TPSA) is 88.1 Å². The number of benzene rings is 4. The Morgan fingerprint density at radius 1 is 0.865 bits per heavy atom. The molecule has 0 aromatic heterocycles. The summed E-state index contributed by atoms with van der Waals surface area (Å²) in [4.78, 5) is 12.8. The van der Waals surface area contributed by atoms with Crippen molar-refractivity contribution in [2.45, 2.75) is 18.4 Å². The van der Waals surface area contributed by atoms with E-state index in [1.807, 2.05) is 61.5 Å². The number of anilines is 1. The zero-order valence-electron chi connectivity index (χ0n) is 20.3. The number of rotatable bonds is 10. The molecular weight excluding hydrogens is 486 g/mol. The molecule has 0 saturated heterocycles. The van der Waals surface area contributed by atoms with Crippen molar-refractivity contribution < 1.29 is 17.9 Å². The van der Waals surface area contributed by atoms with Gasteiger partial charge in [-0.15, -0.1) is 0 Å². The van der Waals surface area contributed by atoms with Crippen LogP contribution in [-0.2, 0) is 21.4 Å². The quantitative estimate of drug-likeness (QED) is 0.241. The van der Waals surface area contributed by atoms with Crippen LogP contribution >= 0.6 is 0 Å². The minimum Gasteiger partial charge on any atom is -0.489 e. The molecule has 7 nitrogen and oxygen atoms in total. The lowest BCUT2D eigenvalue weighted by Crippen LogP contribution is -2.39. The molecule has 37 heavy (non-hydrogen) atoms. The molecule has 0 unspecified atom stereocenters. The summed E-state index contributed by atoms with van der Waals surface area (Å²) < 4.78 is 33.5. The predicted molar refractivity (Wildman–Crippen MR) is 145 cm³/mol. The van der Waals surface area contributed by atoms with Crippen molar-refractivity contribution in [3.05, 3.63) is 126 Å². The molecule has 0 fully saturated rings. The van der Waals surface area contributed by atoms with Crippen molar-refractivity contribution in [1.29, 1.82) is 0 Å². The maximum atomic E-state index is 13.3. The number of ether oxygens (including phenoxy) is 1. The number of para-hydroxylation sites is 1. The van der Waals surface area contributed by atoms with Crippen LogP contribution in [0.2, 0.25) is 0 Å². The maximum absolute atomic E-state index is 13.3. The molecule has 0 aliphatic carbocycles. The first-order chi connectivity index (χ1) is 17.9. The second-order valence-corrected chi connectivity index (χ2v) is 10.2. The fourth-order valence-electron chi connectivity index (χ4n) is 3.48. The van der Waals surface area contributed by atoms with Crippen LogP contribution in [0.3, 0.4) is 0 Å². The Morgan fingerprint density at radius 3 is 2.14 bits per heavy atom. The normalized spacial score (nSPS) is 11.3. The number of aryl methyl sites for hydroxylation is 1. The minimum atomic E-state index is -3.97. The number of amides is 1. The van der Waals surface area contributed by atoms with E-state index in [2.05, 4.69) is 10.5 Å². The highest BCUT2D eigenvalue weighted by Crippen LogP contribution is 2.23. The lowest BCUT2D eigenvalue weighted by Gasteiger charge is -2.23. The van der Waals surface area contributed by atoms with E-state index >= 15 is 0 Å². The van der Waals surface area contributed by atoms with Gasteiger partial charge >= 0.3 is 0 Å². The van der Waals surface area contributed by atoms with Gasteiger partial charge in [0.25, 0.3) is 15.9 Å². The van der Waals surface area contributed by atoms with E-state index in [0.29, 0.717) is 18.0 Å². The fourth-order valence-corrected chi connectivity index (χ4v) is 4.90. The van der Waals surface area contributed by atoms with Crippen LogP contribution in [0.25, 0.3) is 0 Å². The molecule has 4 aromatic carbocycles. The largest absolute Gasteiger partial charge is 0.489 e. The van der Waals surface area contributed by atoms with Crippen LogP contribution in [0, 0.1) is 6.92 Å². The number of hydrogen-bond acceptors (Lipinski definition) is 5. The number of carbonyl (C=O) groups excluding carboxylic acids is 1. The van der Waals surface area contributed by atoms with Crippen LogP contribution < -0.4 is 14.5 Å². The molecule has 1 amide bonds. The zero-order chi connectivity index (χ0) is 26.1. The third-order valence-electron chi connectivity index (χ3n) is 5.47. The van der Waals surface area contributed by atoms with Gasteiger partial charge in [0, 0.05) is 0 Å². The van der Waals surface area contributed by atoms with Crippen molar-refractivity contribution >= 4 is 27.8 Å². The van der Waals surface area contributed by atoms with Crippen LogP contribution in [0.1, 0.15) is 16.7 Å². The molecular formula is C29H27N3O4S. The average Bonchev–Trinajstić information content (AvgIpc) is 2.92. The lowest BCUT2D eigenvalue weighted by atomic mass is 10.2. The molecule has 0 bridgehead atoms. The second kappa shape index (κ2) is 12.0. The van der Waals surface area contributed by atoms with Gasteiger partial charge < -0.3 is 4.74 Å². The Morgan fingerprint density at radius 2 is 1.49 bits per heavy atom. The summed E-state index contributed by atoms with van der Waals surface area (Å²) >= 11 is 0. The van der Waals surface area contributed by atoms with Crippen molar-refractivity contribution in [2.24, 2.45) is 5.10 Å². The van der Waals surface area contributed by atoms with Gasteiger partial charge in [-0.1, -0.05) is 66.2 Å². The number of carbonyl (C=O) groups is 1. The van der Waals surface area contributed by atoms with E-state index in [-0.39, 0.29) is 4.90 Å². The van der Waals surface area contributed by atoms with Gasteiger partial charge in [-0.3, -0.25) is 9.10 Å². The predicted octanol–water partition coefficient (Wildman–Crippen LogP) is 4.92. The molecule has 0 radical (unpaired) electrons. The third kappa shape index (κ3) is 7.05. The van der Waals surface area contributed by atoms with Gasteiger partial charge in [-0.05, 0) is 66.6 Å². The van der Waals surface area contributed by atoms with E-state index in [4.69, 9.17) is 4.74 Å². The van der Waals surface area contributed by atoms with Crippen molar-refractivity contribution in [3.63, 3.8) is 0 Å². The average molecular weight is 514 g/mol. The Labute approximate surface area is 217 Å². The highest BCUT2D eigenvalue weighted by Gasteiger charge is 2.27. The molecule has 4 aromatic rings. The van der Waals surface area contributed by atoms with E-state index in [0.717, 1.165) is 21.0 Å². The summed E-state index contributed by atoms with van der Waals surface area (Å²) in [5.41, 5.74) is 5.56. The molecule has 0 aliphatic rings. The second-order valence-electron chi connectivity index (χ2n) is 8.30. The van der Waals surface area contributed by atoms with Crippen LogP contribution in [0.15, 0.2) is 119 Å². The first-order valence-corrected chi connectivity index (χ1v) is 13.1. The molecule has 188 valence electrons. The summed E-state index contributed by atoms with van der Waals surface area (Å²) in [5.74, 6) is 0.142. The number of sulfonamides is 1. The van der Waals surface area contributed by atoms with E-state index in [1.54, 1.807) is 42.5 Å². The Balaban J connectivity index is 1.39. The van der Waals surface area contributed by atoms with Crippen LogP contribution in [-0.4, -0.2) is 27.1 Å². The number of nitrogens with zero attached hydrogens (tertiary/aromatic N) is 2. The van der Waals surface area contributed by atoms with Crippen LogP contribution in [0.4, 0.5) is 5.69 Å². The molecule has 4 rings (SSSR count). The van der Waals surface area contributed by atoms with Crippen LogP contribution in [0.5, 0.6) is 5.75 Å². The highest BCUT2D eigenvalue weighted by molar-refractivity contribution is 7.92. The molecule has 1 N–H and O–H groups in total. The molecule has 0 heterocycles. The zero-order valence-corrected chi connectivity index (χ0v) is 21.1. The van der Waals surface area contributed by atoms with Gasteiger partial charge in [-0.2, -0.15) is 5.10 Å². The van der Waals surface area contributed by atoms with E-state index in [9.17, 15) is 13.2 Å². The van der Waals surface area contributed by atoms with E-state index < -0.39 is 22.5 Å². The summed E-state index contributed by atoms with van der Waals surface area (Å²) in [6, 6.07) is 32.1. The minimum absolute atomic E-state index is 0.104. The molecule has 0 spiro atoms. The first-order valence-electron chi connectivity index (χ1n) is 11.6. The lowest BCUT2D eigenvalue weighted by molar-refractivity contribution is -0.119. The first kappa shape index (κ1) is 25.7. The summed E-state index contributed by atoms with van der Waals surface area (Å²) in [6.07, 6.45) is 1.49. The molecule has 0 saturated carbocycles. The number of hydrazone groups is 1. The molecule has 0 aliphatic heterocycles. The van der Waals surface area contributed by atoms with Gasteiger partial charge in [0.05, 0.1) is 16.8 Å². The third-order valence-corrected chi connectivity index (χ3v) is 7.26. The highest BCUT2D eigenvalue weighted by atomic mass is 32.2. The van der Waals surface area contributed by atoms with Gasteiger partial charge in [-0.25, -0.2) is 13.8 Å². The summed E-state index contributed by atoms with van der Waals surface area (Å²) in [6.45, 7) is 1.92. The summed E-state index contributed by atoms with van der Waals surface area (Å²) in [7, 11) is -3.97. The Hall–Kier alpha value is -4.43. The van der Waals surface area contributed by atoms with Crippen molar-refractivity contribution in [3.8, 4) is 5.75 Å². The SMILES string of the molecule is Cc1ccc(S(=O)(=O)N(CC(=O)N/N=C\c2ccc(OCc3ccccc3)cc2)c2ccccc2)cc1. The number of nitrogens with one attached hydrogen (secondary N) is 1. The Bertz CT molecular complexity index is 1440. The van der Waals surface area contributed by atoms with E-state index in [1.165, 1.54) is 18.3 Å². The maximum Gasteiger partial charge on any atom is 0.264 e. The Kier molecular flexibility index (Phi) is 8.33. The van der Waals surface area contributed by atoms with Gasteiger partial charge in [0.15, 0.2) is 0 Å².